The van der Waals surface area contributed by atoms with Crippen LogP contribution in [0.3, 0.4) is 0 Å². The van der Waals surface area contributed by atoms with Crippen LogP contribution in [0.1, 0.15) is 11.1 Å². The van der Waals surface area contributed by atoms with Crippen molar-refractivity contribution in [2.24, 2.45) is 0 Å². The fourth-order valence-corrected chi connectivity index (χ4v) is 6.28. The van der Waals surface area contributed by atoms with E-state index in [-0.39, 0.29) is 9.79 Å². The van der Waals surface area contributed by atoms with E-state index in [1.54, 1.807) is 18.2 Å². The molecule has 160 valence electrons. The van der Waals surface area contributed by atoms with Crippen LogP contribution in [0.5, 0.6) is 0 Å². The molecular weight excluding hydrogens is 434 g/mol. The molecule has 0 unspecified atom stereocenters. The highest BCUT2D eigenvalue weighted by Gasteiger charge is 2.24. The molecule has 9 heteroatoms. The van der Waals surface area contributed by atoms with Gasteiger partial charge in [0, 0.05) is 22.9 Å². The van der Waals surface area contributed by atoms with E-state index >= 15 is 0 Å². The first-order chi connectivity index (χ1) is 14.5. The number of fused-ring (bicyclic) bond motifs is 1. The monoisotopic (exact) mass is 455 g/mol. The lowest BCUT2D eigenvalue weighted by molar-refractivity contribution is 0.588. The number of sulfonamides is 1. The summed E-state index contributed by atoms with van der Waals surface area (Å²) in [7, 11) is -7.85. The average Bonchev–Trinajstić information content (AvgIpc) is 3.09. The fourth-order valence-electron chi connectivity index (χ4n) is 3.60. The molecule has 4 aromatic rings. The van der Waals surface area contributed by atoms with E-state index in [0.29, 0.717) is 11.4 Å². The van der Waals surface area contributed by atoms with Crippen molar-refractivity contribution in [2.45, 2.75) is 23.6 Å². The summed E-state index contributed by atoms with van der Waals surface area (Å²) in [6.07, 6.45) is 0.981. The Morgan fingerprint density at radius 1 is 0.839 bits per heavy atom. The molecule has 2 N–H and O–H groups in total. The van der Waals surface area contributed by atoms with Crippen molar-refractivity contribution in [1.29, 1.82) is 0 Å². The molecule has 0 atom stereocenters. The number of H-pyrrole nitrogens is 1. The lowest BCUT2D eigenvalue weighted by atomic mass is 10.0. The molecule has 7 nitrogen and oxygen atoms in total. The molecule has 0 saturated heterocycles. The van der Waals surface area contributed by atoms with Crippen molar-refractivity contribution in [2.75, 3.05) is 11.0 Å². The predicted molar refractivity (Wildman–Crippen MR) is 121 cm³/mol. The first kappa shape index (κ1) is 21.1. The molecule has 0 aliphatic carbocycles. The van der Waals surface area contributed by atoms with Crippen LogP contribution in [0.15, 0.2) is 70.5 Å². The summed E-state index contributed by atoms with van der Waals surface area (Å²) in [5.74, 6) is 0. The highest BCUT2D eigenvalue weighted by molar-refractivity contribution is 7.95. The van der Waals surface area contributed by atoms with Gasteiger partial charge in [0.15, 0.2) is 9.84 Å². The third-order valence-corrected chi connectivity index (χ3v) is 7.57. The first-order valence-corrected chi connectivity index (χ1v) is 12.8. The first-order valence-electron chi connectivity index (χ1n) is 9.43. The molecule has 0 bridgehead atoms. The van der Waals surface area contributed by atoms with E-state index in [4.69, 9.17) is 0 Å². The number of benzene rings is 3. The van der Waals surface area contributed by atoms with Crippen molar-refractivity contribution in [3.05, 3.63) is 71.8 Å². The molecule has 1 aromatic heterocycles. The number of sulfone groups is 1. The number of nitrogens with zero attached hydrogens (tertiary/aromatic N) is 1. The third kappa shape index (κ3) is 4.19. The predicted octanol–water partition coefficient (Wildman–Crippen LogP) is 4.05. The molecule has 3 aromatic carbocycles. The lowest BCUT2D eigenvalue weighted by Gasteiger charge is -2.11. The smallest absolute Gasteiger partial charge is 0.263 e. The summed E-state index contributed by atoms with van der Waals surface area (Å²) in [6.45, 7) is 4.01. The molecule has 31 heavy (non-hydrogen) atoms. The third-order valence-electron chi connectivity index (χ3n) is 4.85. The van der Waals surface area contributed by atoms with Crippen molar-refractivity contribution in [3.8, 4) is 11.3 Å². The van der Waals surface area contributed by atoms with Gasteiger partial charge < -0.3 is 0 Å². The minimum atomic E-state index is -4.13. The fraction of sp³-hybridized carbons (Fsp3) is 0.136. The summed E-state index contributed by atoms with van der Waals surface area (Å²) in [4.78, 5) is -0.540. The number of aryl methyl sites for hydroxylation is 2. The largest absolute Gasteiger partial charge is 0.280 e. The number of anilines is 1. The zero-order valence-electron chi connectivity index (χ0n) is 17.2. The second kappa shape index (κ2) is 7.51. The van der Waals surface area contributed by atoms with Crippen LogP contribution in [-0.2, 0) is 19.9 Å². The van der Waals surface area contributed by atoms with Crippen molar-refractivity contribution in [1.82, 2.24) is 10.2 Å². The topological polar surface area (TPSA) is 109 Å². The molecule has 1 heterocycles. The Labute approximate surface area is 181 Å². The molecule has 0 aliphatic heterocycles. The van der Waals surface area contributed by atoms with Crippen LogP contribution in [0.2, 0.25) is 0 Å². The van der Waals surface area contributed by atoms with E-state index in [1.165, 1.54) is 24.3 Å². The Balaban J connectivity index is 1.78. The summed E-state index contributed by atoms with van der Waals surface area (Å²) < 4.78 is 52.6. The van der Waals surface area contributed by atoms with Crippen LogP contribution in [0.4, 0.5) is 5.69 Å². The Morgan fingerprint density at radius 2 is 1.48 bits per heavy atom. The van der Waals surface area contributed by atoms with Gasteiger partial charge in [-0.25, -0.2) is 16.8 Å². The van der Waals surface area contributed by atoms with Crippen LogP contribution in [0, 0.1) is 13.8 Å². The van der Waals surface area contributed by atoms with Crippen LogP contribution in [-0.4, -0.2) is 33.3 Å². The Hall–Kier alpha value is -3.17. The van der Waals surface area contributed by atoms with Crippen LogP contribution >= 0.6 is 0 Å². The number of aromatic amines is 1. The van der Waals surface area contributed by atoms with Gasteiger partial charge >= 0.3 is 0 Å². The Kier molecular flexibility index (Phi) is 5.10. The lowest BCUT2D eigenvalue weighted by Crippen LogP contribution is -2.16. The number of aromatic nitrogens is 2. The second-order valence-corrected chi connectivity index (χ2v) is 11.2. The van der Waals surface area contributed by atoms with Gasteiger partial charge in [-0.05, 0) is 56.3 Å². The molecule has 0 amide bonds. The Bertz CT molecular complexity index is 1500. The van der Waals surface area contributed by atoms with E-state index in [0.717, 1.165) is 33.8 Å². The number of hydrogen-bond acceptors (Lipinski definition) is 5. The quantitative estimate of drug-likeness (QED) is 0.472. The van der Waals surface area contributed by atoms with Crippen molar-refractivity contribution < 1.29 is 16.8 Å². The van der Waals surface area contributed by atoms with E-state index in [1.807, 2.05) is 26.0 Å². The normalized spacial score (nSPS) is 12.2. The van der Waals surface area contributed by atoms with Gasteiger partial charge in [-0.3, -0.25) is 9.82 Å². The minimum Gasteiger partial charge on any atom is -0.280 e. The molecule has 0 fully saturated rings. The Morgan fingerprint density at radius 3 is 2.13 bits per heavy atom. The summed E-state index contributed by atoms with van der Waals surface area (Å²) >= 11 is 0. The van der Waals surface area contributed by atoms with Gasteiger partial charge in [0.25, 0.3) is 10.0 Å². The van der Waals surface area contributed by atoms with Crippen molar-refractivity contribution >= 4 is 36.5 Å². The average molecular weight is 456 g/mol. The number of nitrogens with one attached hydrogen (secondary N) is 2. The zero-order chi connectivity index (χ0) is 22.4. The highest BCUT2D eigenvalue weighted by Crippen LogP contribution is 2.31. The summed E-state index contributed by atoms with van der Waals surface area (Å²) in [6, 6.07) is 16.6. The molecule has 0 aliphatic rings. The number of rotatable bonds is 5. The van der Waals surface area contributed by atoms with E-state index in [2.05, 4.69) is 21.0 Å². The van der Waals surface area contributed by atoms with Gasteiger partial charge in [0.05, 0.1) is 16.1 Å². The van der Waals surface area contributed by atoms with Gasteiger partial charge in [0.2, 0.25) is 0 Å². The number of hydrogen-bond donors (Lipinski definition) is 2. The maximum Gasteiger partial charge on any atom is 0.263 e. The van der Waals surface area contributed by atoms with Gasteiger partial charge in [0.1, 0.15) is 4.90 Å². The summed E-state index contributed by atoms with van der Waals surface area (Å²) in [5.41, 5.74) is 4.89. The molecule has 4 rings (SSSR count). The van der Waals surface area contributed by atoms with Crippen molar-refractivity contribution in [3.63, 3.8) is 0 Å². The molecular formula is C22H21N3O4S2. The van der Waals surface area contributed by atoms with Gasteiger partial charge in [-0.15, -0.1) is 0 Å². The zero-order valence-corrected chi connectivity index (χ0v) is 18.8. The molecule has 0 radical (unpaired) electrons. The summed E-state index contributed by atoms with van der Waals surface area (Å²) in [5, 5.41) is 8.13. The SMILES string of the molecule is Cc1cc(C)cc(-c2n[nH]c3ccc(NS(=O)(=O)c4ccccc4S(C)(=O)=O)cc23)c1. The minimum absolute atomic E-state index is 0.247. The maximum absolute atomic E-state index is 13.0. The highest BCUT2D eigenvalue weighted by atomic mass is 32.2. The van der Waals surface area contributed by atoms with Crippen LogP contribution < -0.4 is 4.72 Å². The molecule has 0 saturated carbocycles. The maximum atomic E-state index is 13.0. The van der Waals surface area contributed by atoms with Gasteiger partial charge in [-0.2, -0.15) is 5.10 Å². The molecule has 0 spiro atoms. The van der Waals surface area contributed by atoms with E-state index < -0.39 is 19.9 Å². The van der Waals surface area contributed by atoms with Crippen LogP contribution in [0.25, 0.3) is 22.2 Å². The van der Waals surface area contributed by atoms with Gasteiger partial charge in [-0.1, -0.05) is 29.3 Å². The standard InChI is InChI=1S/C22H21N3O4S2/c1-14-10-15(2)12-16(11-14)22-18-13-17(8-9-19(18)23-24-22)25-31(28,29)21-7-5-4-6-20(21)30(3,26)27/h4-13,25H,1-3H3,(H,23,24). The van der Waals surface area contributed by atoms with E-state index in [9.17, 15) is 16.8 Å². The second-order valence-electron chi connectivity index (χ2n) is 7.53.